The first-order valence-corrected chi connectivity index (χ1v) is 6.67. The van der Waals surface area contributed by atoms with Crippen LogP contribution in [0.15, 0.2) is 24.5 Å². The maximum absolute atomic E-state index is 12.1. The Hall–Kier alpha value is -1.42. The minimum absolute atomic E-state index is 0.00564. The van der Waals surface area contributed by atoms with E-state index < -0.39 is 5.54 Å². The predicted octanol–water partition coefficient (Wildman–Crippen LogP) is 1.40. The fourth-order valence-corrected chi connectivity index (χ4v) is 2.45. The van der Waals surface area contributed by atoms with Gasteiger partial charge >= 0.3 is 0 Å². The molecule has 2 rings (SSSR count). The van der Waals surface area contributed by atoms with Gasteiger partial charge in [0.15, 0.2) is 0 Å². The highest BCUT2D eigenvalue weighted by atomic mass is 16.2. The molecule has 0 unspecified atom stereocenters. The molecule has 0 bridgehead atoms. The summed E-state index contributed by atoms with van der Waals surface area (Å²) in [4.78, 5) is 16.1. The molecule has 1 amide bonds. The highest BCUT2D eigenvalue weighted by Crippen LogP contribution is 2.25. The summed E-state index contributed by atoms with van der Waals surface area (Å²) >= 11 is 0. The SMILES string of the molecule is NC1(C(=O)NCCc2cccnc2)CCCCC1. The lowest BCUT2D eigenvalue weighted by Gasteiger charge is -2.31. The molecule has 0 saturated heterocycles. The number of rotatable bonds is 4. The zero-order valence-electron chi connectivity index (χ0n) is 10.7. The fourth-order valence-electron chi connectivity index (χ4n) is 2.45. The van der Waals surface area contributed by atoms with Crippen LogP contribution in [0.4, 0.5) is 0 Å². The summed E-state index contributed by atoms with van der Waals surface area (Å²) in [5, 5.41) is 2.95. The minimum atomic E-state index is -0.632. The first-order chi connectivity index (χ1) is 8.71. The van der Waals surface area contributed by atoms with E-state index in [1.807, 2.05) is 18.3 Å². The summed E-state index contributed by atoms with van der Waals surface area (Å²) in [6.45, 7) is 0.628. The number of pyridine rings is 1. The first kappa shape index (κ1) is 13.0. The number of nitrogens with one attached hydrogen (secondary N) is 1. The van der Waals surface area contributed by atoms with Crippen LogP contribution < -0.4 is 11.1 Å². The molecule has 1 aliphatic carbocycles. The van der Waals surface area contributed by atoms with Crippen molar-refractivity contribution < 1.29 is 4.79 Å². The van der Waals surface area contributed by atoms with E-state index in [2.05, 4.69) is 10.3 Å². The summed E-state index contributed by atoms with van der Waals surface area (Å²) in [5.74, 6) is 0.00564. The van der Waals surface area contributed by atoms with Gasteiger partial charge in [-0.3, -0.25) is 9.78 Å². The van der Waals surface area contributed by atoms with Crippen LogP contribution in [0, 0.1) is 0 Å². The normalized spacial score (nSPS) is 18.3. The van der Waals surface area contributed by atoms with Crippen molar-refractivity contribution in [1.82, 2.24) is 10.3 Å². The van der Waals surface area contributed by atoms with Gasteiger partial charge < -0.3 is 11.1 Å². The van der Waals surface area contributed by atoms with Gasteiger partial charge in [0.2, 0.25) is 5.91 Å². The first-order valence-electron chi connectivity index (χ1n) is 6.67. The molecule has 4 heteroatoms. The summed E-state index contributed by atoms with van der Waals surface area (Å²) < 4.78 is 0. The molecule has 1 fully saturated rings. The third kappa shape index (κ3) is 3.29. The molecule has 98 valence electrons. The molecule has 1 aromatic heterocycles. The van der Waals surface area contributed by atoms with E-state index in [0.717, 1.165) is 37.7 Å². The van der Waals surface area contributed by atoms with Crippen molar-refractivity contribution in [2.24, 2.45) is 5.73 Å². The Balaban J connectivity index is 1.78. The van der Waals surface area contributed by atoms with E-state index in [4.69, 9.17) is 5.73 Å². The fraction of sp³-hybridized carbons (Fsp3) is 0.571. The van der Waals surface area contributed by atoms with Crippen molar-refractivity contribution in [3.63, 3.8) is 0 Å². The Morgan fingerprint density at radius 3 is 2.83 bits per heavy atom. The number of carbonyl (C=O) groups excluding carboxylic acids is 1. The molecule has 0 atom stereocenters. The number of aromatic nitrogens is 1. The Kier molecular flexibility index (Phi) is 4.31. The average Bonchev–Trinajstić information content (AvgIpc) is 2.41. The molecule has 1 aliphatic rings. The molecule has 18 heavy (non-hydrogen) atoms. The van der Waals surface area contributed by atoms with Crippen molar-refractivity contribution in [2.45, 2.75) is 44.1 Å². The lowest BCUT2D eigenvalue weighted by atomic mass is 9.82. The van der Waals surface area contributed by atoms with Crippen molar-refractivity contribution >= 4 is 5.91 Å². The Labute approximate surface area is 108 Å². The van der Waals surface area contributed by atoms with Crippen molar-refractivity contribution in [1.29, 1.82) is 0 Å². The van der Waals surface area contributed by atoms with Crippen LogP contribution in [0.25, 0.3) is 0 Å². The predicted molar refractivity (Wildman–Crippen MR) is 71.0 cm³/mol. The van der Waals surface area contributed by atoms with Crippen molar-refractivity contribution in [3.05, 3.63) is 30.1 Å². The summed E-state index contributed by atoms with van der Waals surface area (Å²) in [7, 11) is 0. The topological polar surface area (TPSA) is 68.0 Å². The molecular formula is C14H21N3O. The highest BCUT2D eigenvalue weighted by Gasteiger charge is 2.34. The van der Waals surface area contributed by atoms with Crippen LogP contribution in [-0.2, 0) is 11.2 Å². The Morgan fingerprint density at radius 2 is 2.17 bits per heavy atom. The molecule has 1 heterocycles. The zero-order chi connectivity index (χ0) is 12.8. The number of carbonyl (C=O) groups is 1. The smallest absolute Gasteiger partial charge is 0.240 e. The van der Waals surface area contributed by atoms with Gasteiger partial charge in [0.05, 0.1) is 5.54 Å². The number of nitrogens with two attached hydrogens (primary N) is 1. The minimum Gasteiger partial charge on any atom is -0.354 e. The van der Waals surface area contributed by atoms with Gasteiger partial charge in [-0.05, 0) is 30.9 Å². The molecular weight excluding hydrogens is 226 g/mol. The van der Waals surface area contributed by atoms with Crippen LogP contribution >= 0.6 is 0 Å². The third-order valence-electron chi connectivity index (χ3n) is 3.62. The summed E-state index contributed by atoms with van der Waals surface area (Å²) in [5.41, 5.74) is 6.66. The van der Waals surface area contributed by atoms with Gasteiger partial charge in [-0.25, -0.2) is 0 Å². The maximum atomic E-state index is 12.1. The highest BCUT2D eigenvalue weighted by molar-refractivity contribution is 5.86. The monoisotopic (exact) mass is 247 g/mol. The van der Waals surface area contributed by atoms with Gasteiger partial charge in [0.25, 0.3) is 0 Å². The molecule has 3 N–H and O–H groups in total. The van der Waals surface area contributed by atoms with E-state index in [-0.39, 0.29) is 5.91 Å². The second-order valence-electron chi connectivity index (χ2n) is 5.08. The van der Waals surface area contributed by atoms with Gasteiger partial charge in [-0.1, -0.05) is 25.3 Å². The van der Waals surface area contributed by atoms with E-state index >= 15 is 0 Å². The molecule has 0 spiro atoms. The third-order valence-corrected chi connectivity index (χ3v) is 3.62. The van der Waals surface area contributed by atoms with Crippen LogP contribution in [-0.4, -0.2) is 23.0 Å². The van der Waals surface area contributed by atoms with Crippen LogP contribution in [0.2, 0.25) is 0 Å². The van der Waals surface area contributed by atoms with Gasteiger partial charge in [-0.2, -0.15) is 0 Å². The molecule has 0 aliphatic heterocycles. The lowest BCUT2D eigenvalue weighted by Crippen LogP contribution is -2.55. The van der Waals surface area contributed by atoms with Crippen LogP contribution in [0.1, 0.15) is 37.7 Å². The molecule has 0 aromatic carbocycles. The van der Waals surface area contributed by atoms with Gasteiger partial charge in [0.1, 0.15) is 0 Å². The number of nitrogens with zero attached hydrogens (tertiary/aromatic N) is 1. The van der Waals surface area contributed by atoms with Gasteiger partial charge in [-0.15, -0.1) is 0 Å². The number of hydrogen-bond donors (Lipinski definition) is 2. The largest absolute Gasteiger partial charge is 0.354 e. The quantitative estimate of drug-likeness (QED) is 0.845. The van der Waals surface area contributed by atoms with E-state index in [1.165, 1.54) is 6.42 Å². The standard InChI is InChI=1S/C14H21N3O/c15-14(7-2-1-3-8-14)13(18)17-10-6-12-5-4-9-16-11-12/h4-5,9,11H,1-3,6-8,10,15H2,(H,17,18). The van der Waals surface area contributed by atoms with E-state index in [0.29, 0.717) is 6.54 Å². The summed E-state index contributed by atoms with van der Waals surface area (Å²) in [6, 6.07) is 3.92. The summed E-state index contributed by atoms with van der Waals surface area (Å²) in [6.07, 6.45) is 9.32. The van der Waals surface area contributed by atoms with Crippen molar-refractivity contribution in [2.75, 3.05) is 6.54 Å². The number of hydrogen-bond acceptors (Lipinski definition) is 3. The molecule has 1 saturated carbocycles. The van der Waals surface area contributed by atoms with Crippen LogP contribution in [0.3, 0.4) is 0 Å². The Bertz CT molecular complexity index is 385. The second kappa shape index (κ2) is 5.96. The van der Waals surface area contributed by atoms with E-state index in [9.17, 15) is 4.79 Å². The molecule has 4 nitrogen and oxygen atoms in total. The molecule has 1 aromatic rings. The lowest BCUT2D eigenvalue weighted by molar-refractivity contribution is -0.127. The Morgan fingerprint density at radius 1 is 1.39 bits per heavy atom. The maximum Gasteiger partial charge on any atom is 0.240 e. The van der Waals surface area contributed by atoms with Crippen molar-refractivity contribution in [3.8, 4) is 0 Å². The zero-order valence-corrected chi connectivity index (χ0v) is 10.7. The van der Waals surface area contributed by atoms with Crippen LogP contribution in [0.5, 0.6) is 0 Å². The van der Waals surface area contributed by atoms with E-state index in [1.54, 1.807) is 6.20 Å². The average molecular weight is 247 g/mol. The number of amides is 1. The second-order valence-corrected chi connectivity index (χ2v) is 5.08. The molecule has 0 radical (unpaired) electrons. The van der Waals surface area contributed by atoms with Gasteiger partial charge in [0, 0.05) is 18.9 Å².